The molecule has 0 bridgehead atoms. The molecular weight excluding hydrogens is 663 g/mol. The average Bonchev–Trinajstić information content (AvgIpc) is 3.97. The summed E-state index contributed by atoms with van der Waals surface area (Å²) in [5, 5.41) is 2.55. The van der Waals surface area contributed by atoms with Crippen molar-refractivity contribution in [2.75, 3.05) is 56.3 Å². The van der Waals surface area contributed by atoms with E-state index in [0.717, 1.165) is 31.2 Å². The number of ether oxygens (including phenoxy) is 3. The first-order valence-corrected chi connectivity index (χ1v) is 17.6. The van der Waals surface area contributed by atoms with Gasteiger partial charge in [-0.15, -0.1) is 0 Å². The number of hydrogen-bond donors (Lipinski definition) is 1. The first kappa shape index (κ1) is 37.9. The van der Waals surface area contributed by atoms with Crippen LogP contribution in [-0.2, 0) is 9.53 Å². The number of methoxy groups -OCH3 is 1. The Morgan fingerprint density at radius 3 is 2.43 bits per heavy atom. The van der Waals surface area contributed by atoms with Crippen LogP contribution in [0, 0.1) is 11.8 Å². The Kier molecular flexibility index (Phi) is 12.4. The van der Waals surface area contributed by atoms with E-state index >= 15 is 0 Å². The molecule has 1 N–H and O–H groups in total. The summed E-state index contributed by atoms with van der Waals surface area (Å²) in [6.07, 6.45) is 3.03. The first-order valence-electron chi connectivity index (χ1n) is 17.6. The number of carbonyl (C=O) groups is 2. The number of alkyl halides is 3. The van der Waals surface area contributed by atoms with Crippen LogP contribution < -0.4 is 24.6 Å². The third-order valence-corrected chi connectivity index (χ3v) is 9.42. The highest BCUT2D eigenvalue weighted by molar-refractivity contribution is 6.09. The number of aromatic nitrogens is 2. The number of benzene rings is 1. The summed E-state index contributed by atoms with van der Waals surface area (Å²) < 4.78 is 56.2. The maximum absolute atomic E-state index is 14.3. The lowest BCUT2D eigenvalue weighted by Crippen LogP contribution is -2.53. The van der Waals surface area contributed by atoms with Crippen molar-refractivity contribution in [1.29, 1.82) is 0 Å². The van der Waals surface area contributed by atoms with Crippen LogP contribution in [0.25, 0.3) is 0 Å². The number of nitrogens with zero attached hydrogens (tertiary/aromatic N) is 4. The smallest absolute Gasteiger partial charge is 0.401 e. The number of anilines is 2. The fraction of sp³-hybridized carbons (Fsp3) is 0.526. The van der Waals surface area contributed by atoms with Crippen LogP contribution >= 0.6 is 0 Å². The third kappa shape index (κ3) is 10.8. The highest BCUT2D eigenvalue weighted by atomic mass is 19.4. The van der Waals surface area contributed by atoms with E-state index in [2.05, 4.69) is 20.2 Å². The Bertz CT molecular complexity index is 1610. The first-order chi connectivity index (χ1) is 24.4. The number of rotatable bonds is 16. The largest absolute Gasteiger partial charge is 0.497 e. The lowest BCUT2D eigenvalue weighted by molar-refractivity contribution is -0.143. The van der Waals surface area contributed by atoms with Crippen LogP contribution in [0.3, 0.4) is 0 Å². The van der Waals surface area contributed by atoms with Gasteiger partial charge >= 0.3 is 12.1 Å². The molecule has 3 aromatic rings. The monoisotopic (exact) mass is 711 g/mol. The van der Waals surface area contributed by atoms with Crippen LogP contribution in [-0.4, -0.2) is 80.1 Å². The molecule has 2 aromatic heterocycles. The SMILES string of the molecule is CCOC(=O)CC(c1ccnc(OCC2CCN(c3cc(OC)ccc3C(=O)N(CC(C)(C)NCC(F)(F)F)c3ccccn3)CC2)c1)C1CC1. The van der Waals surface area contributed by atoms with Gasteiger partial charge in [0.15, 0.2) is 0 Å². The standard InChI is InChI=1S/C38H48F3N5O5/c1-5-50-35(47)22-31(27-9-10-27)28-13-17-43-34(20-28)51-23-26-14-18-45(19-15-26)32-21-29(49-4)11-12-30(32)36(48)46(33-8-6-7-16-42-33)25-37(2,3)44-24-38(39,40)41/h6-8,11-13,16-17,20-21,26-27,31,44H,5,9-10,14-15,18-19,22-25H2,1-4H3. The molecule has 1 amide bonds. The fourth-order valence-corrected chi connectivity index (χ4v) is 6.52. The molecule has 1 aliphatic heterocycles. The van der Waals surface area contributed by atoms with Crippen molar-refractivity contribution in [1.82, 2.24) is 15.3 Å². The van der Waals surface area contributed by atoms with Crippen molar-refractivity contribution >= 4 is 23.4 Å². The molecule has 5 rings (SSSR count). The lowest BCUT2D eigenvalue weighted by atomic mass is 9.92. The van der Waals surface area contributed by atoms with Gasteiger partial charge in [0.2, 0.25) is 5.88 Å². The van der Waals surface area contributed by atoms with E-state index in [1.165, 1.54) is 4.90 Å². The van der Waals surface area contributed by atoms with Gasteiger partial charge in [0.05, 0.1) is 44.5 Å². The lowest BCUT2D eigenvalue weighted by Gasteiger charge is -2.36. The molecular formula is C38H48F3N5O5. The molecule has 276 valence electrons. The highest BCUT2D eigenvalue weighted by Gasteiger charge is 2.36. The summed E-state index contributed by atoms with van der Waals surface area (Å²) in [5.41, 5.74) is 1.04. The van der Waals surface area contributed by atoms with E-state index in [0.29, 0.717) is 67.3 Å². The molecule has 1 saturated heterocycles. The van der Waals surface area contributed by atoms with Gasteiger partial charge in [-0.3, -0.25) is 14.5 Å². The molecule has 51 heavy (non-hydrogen) atoms. The van der Waals surface area contributed by atoms with Gasteiger partial charge in [0.25, 0.3) is 5.91 Å². The molecule has 10 nitrogen and oxygen atoms in total. The fourth-order valence-electron chi connectivity index (χ4n) is 6.52. The topological polar surface area (TPSA) is 106 Å². The minimum absolute atomic E-state index is 0.0523. The van der Waals surface area contributed by atoms with Gasteiger partial charge in [0, 0.05) is 49.7 Å². The molecule has 1 aromatic carbocycles. The number of halogens is 3. The molecule has 2 aliphatic rings. The minimum atomic E-state index is -4.40. The molecule has 1 saturated carbocycles. The molecule has 0 spiro atoms. The van der Waals surface area contributed by atoms with Crippen molar-refractivity contribution in [3.05, 3.63) is 72.1 Å². The van der Waals surface area contributed by atoms with Gasteiger partial charge in [-0.05, 0) is 100 Å². The normalized spacial score (nSPS) is 16.0. The van der Waals surface area contributed by atoms with Crippen LogP contribution in [0.1, 0.15) is 74.7 Å². The Balaban J connectivity index is 1.27. The van der Waals surface area contributed by atoms with Gasteiger partial charge in [-0.1, -0.05) is 6.07 Å². The zero-order valence-electron chi connectivity index (χ0n) is 29.7. The maximum atomic E-state index is 14.3. The van der Waals surface area contributed by atoms with Crippen LogP contribution in [0.15, 0.2) is 60.9 Å². The van der Waals surface area contributed by atoms with Crippen LogP contribution in [0.5, 0.6) is 11.6 Å². The van der Waals surface area contributed by atoms with Crippen molar-refractivity contribution in [3.8, 4) is 11.6 Å². The Morgan fingerprint density at radius 1 is 1.02 bits per heavy atom. The predicted octanol–water partition coefficient (Wildman–Crippen LogP) is 6.80. The summed E-state index contributed by atoms with van der Waals surface area (Å²) >= 11 is 0. The quantitative estimate of drug-likeness (QED) is 0.161. The van der Waals surface area contributed by atoms with Crippen LogP contribution in [0.4, 0.5) is 24.7 Å². The van der Waals surface area contributed by atoms with Gasteiger partial charge in [0.1, 0.15) is 11.6 Å². The maximum Gasteiger partial charge on any atom is 0.401 e. The predicted molar refractivity (Wildman–Crippen MR) is 188 cm³/mol. The molecule has 2 fully saturated rings. The molecule has 1 atom stereocenters. The number of pyridine rings is 2. The van der Waals surface area contributed by atoms with E-state index in [-0.39, 0.29) is 30.3 Å². The summed E-state index contributed by atoms with van der Waals surface area (Å²) in [7, 11) is 1.56. The third-order valence-electron chi connectivity index (χ3n) is 9.42. The zero-order chi connectivity index (χ0) is 36.6. The Morgan fingerprint density at radius 2 is 1.78 bits per heavy atom. The summed E-state index contributed by atoms with van der Waals surface area (Å²) in [6, 6.07) is 14.3. The molecule has 3 heterocycles. The molecule has 0 radical (unpaired) electrons. The second-order valence-electron chi connectivity index (χ2n) is 13.9. The number of piperidine rings is 1. The van der Waals surface area contributed by atoms with Crippen LogP contribution in [0.2, 0.25) is 0 Å². The van der Waals surface area contributed by atoms with E-state index in [1.807, 2.05) is 25.1 Å². The van der Waals surface area contributed by atoms with E-state index in [9.17, 15) is 22.8 Å². The van der Waals surface area contributed by atoms with E-state index in [4.69, 9.17) is 14.2 Å². The number of esters is 1. The van der Waals surface area contributed by atoms with Crippen molar-refractivity contribution in [2.24, 2.45) is 11.8 Å². The number of nitrogens with one attached hydrogen (secondary N) is 1. The molecule has 1 aliphatic carbocycles. The Labute approximate surface area is 297 Å². The van der Waals surface area contributed by atoms with Crippen molar-refractivity contribution < 1.29 is 37.0 Å². The highest BCUT2D eigenvalue weighted by Crippen LogP contribution is 2.45. The molecule has 13 heteroatoms. The number of amides is 1. The van der Waals surface area contributed by atoms with E-state index in [1.54, 1.807) is 63.7 Å². The summed E-state index contributed by atoms with van der Waals surface area (Å²) in [5.74, 6) is 1.70. The zero-order valence-corrected chi connectivity index (χ0v) is 29.7. The van der Waals surface area contributed by atoms with E-state index < -0.39 is 18.3 Å². The van der Waals surface area contributed by atoms with Gasteiger partial charge < -0.3 is 24.4 Å². The number of hydrogen-bond acceptors (Lipinski definition) is 9. The van der Waals surface area contributed by atoms with Gasteiger partial charge in [-0.25, -0.2) is 9.97 Å². The summed E-state index contributed by atoms with van der Waals surface area (Å²) in [4.78, 5) is 39.0. The second kappa shape index (κ2) is 16.8. The van der Waals surface area contributed by atoms with Crippen molar-refractivity contribution in [3.63, 3.8) is 0 Å². The van der Waals surface area contributed by atoms with Crippen molar-refractivity contribution in [2.45, 2.75) is 70.5 Å². The molecule has 1 unspecified atom stereocenters. The number of carbonyl (C=O) groups excluding carboxylic acids is 2. The summed E-state index contributed by atoms with van der Waals surface area (Å²) in [6.45, 7) is 5.98. The van der Waals surface area contributed by atoms with Gasteiger partial charge in [-0.2, -0.15) is 13.2 Å². The minimum Gasteiger partial charge on any atom is -0.497 e. The Hall–Kier alpha value is -4.39. The average molecular weight is 712 g/mol. The second-order valence-corrected chi connectivity index (χ2v) is 13.9.